The molecule has 34 heavy (non-hydrogen) atoms. The number of aliphatic hydroxyl groups excluding tert-OH is 1. The van der Waals surface area contributed by atoms with Crippen LogP contribution in [0.3, 0.4) is 0 Å². The summed E-state index contributed by atoms with van der Waals surface area (Å²) in [6.45, 7) is 0.381. The summed E-state index contributed by atoms with van der Waals surface area (Å²) < 4.78 is 11.1. The highest BCUT2D eigenvalue weighted by molar-refractivity contribution is 5.56. The van der Waals surface area contributed by atoms with Crippen molar-refractivity contribution in [2.24, 2.45) is 0 Å². The van der Waals surface area contributed by atoms with Crippen molar-refractivity contribution in [1.29, 1.82) is 0 Å². The number of nitro groups is 1. The highest BCUT2D eigenvalue weighted by Gasteiger charge is 2.21. The molecule has 3 aromatic carbocycles. The SMILES string of the molecule is O=[N+]([O-])c1ccc(-c2noc([C@@H](Cc3ccccc3)NC[C@H](O)COc3ccccc3)n2)cc1. The number of ether oxygens (including phenoxy) is 1. The number of benzene rings is 3. The minimum atomic E-state index is -0.754. The molecule has 2 atom stereocenters. The Morgan fingerprint density at radius 2 is 1.68 bits per heavy atom. The van der Waals surface area contributed by atoms with Gasteiger partial charge in [-0.2, -0.15) is 4.98 Å². The molecule has 0 aliphatic carbocycles. The maximum absolute atomic E-state index is 10.9. The third-order valence-electron chi connectivity index (χ3n) is 5.14. The summed E-state index contributed by atoms with van der Waals surface area (Å²) in [6, 6.07) is 24.7. The molecule has 174 valence electrons. The topological polar surface area (TPSA) is 124 Å². The van der Waals surface area contributed by atoms with E-state index in [-0.39, 0.29) is 24.9 Å². The van der Waals surface area contributed by atoms with Crippen molar-refractivity contribution in [3.63, 3.8) is 0 Å². The Morgan fingerprint density at radius 1 is 1.00 bits per heavy atom. The summed E-state index contributed by atoms with van der Waals surface area (Å²) in [4.78, 5) is 14.9. The Hall–Kier alpha value is -4.08. The number of nitrogens with one attached hydrogen (secondary N) is 1. The van der Waals surface area contributed by atoms with Crippen LogP contribution in [0.4, 0.5) is 5.69 Å². The van der Waals surface area contributed by atoms with Gasteiger partial charge in [-0.1, -0.05) is 53.7 Å². The van der Waals surface area contributed by atoms with E-state index in [1.807, 2.05) is 60.7 Å². The lowest BCUT2D eigenvalue weighted by Gasteiger charge is -2.18. The quantitative estimate of drug-likeness (QED) is 0.255. The molecule has 2 N–H and O–H groups in total. The lowest BCUT2D eigenvalue weighted by Crippen LogP contribution is -2.35. The average molecular weight is 460 g/mol. The first-order valence-corrected chi connectivity index (χ1v) is 10.8. The second-order valence-corrected chi connectivity index (χ2v) is 7.69. The van der Waals surface area contributed by atoms with Gasteiger partial charge in [-0.05, 0) is 36.2 Å². The molecule has 0 amide bonds. The summed E-state index contributed by atoms with van der Waals surface area (Å²) >= 11 is 0. The van der Waals surface area contributed by atoms with E-state index in [0.29, 0.717) is 29.4 Å². The van der Waals surface area contributed by atoms with Crippen LogP contribution in [0.25, 0.3) is 11.4 Å². The maximum Gasteiger partial charge on any atom is 0.269 e. The average Bonchev–Trinajstić information content (AvgIpc) is 3.37. The van der Waals surface area contributed by atoms with Gasteiger partial charge in [0.15, 0.2) is 0 Å². The van der Waals surface area contributed by atoms with E-state index < -0.39 is 11.0 Å². The highest BCUT2D eigenvalue weighted by atomic mass is 16.6. The zero-order chi connectivity index (χ0) is 23.8. The second-order valence-electron chi connectivity index (χ2n) is 7.69. The van der Waals surface area contributed by atoms with Crippen molar-refractivity contribution in [3.05, 3.63) is 106 Å². The van der Waals surface area contributed by atoms with E-state index in [1.165, 1.54) is 12.1 Å². The van der Waals surface area contributed by atoms with Crippen LogP contribution in [0.15, 0.2) is 89.5 Å². The zero-order valence-electron chi connectivity index (χ0n) is 18.3. The smallest absolute Gasteiger partial charge is 0.269 e. The van der Waals surface area contributed by atoms with Crippen molar-refractivity contribution in [3.8, 4) is 17.1 Å². The zero-order valence-corrected chi connectivity index (χ0v) is 18.3. The Kier molecular flexibility index (Phi) is 7.59. The van der Waals surface area contributed by atoms with Gasteiger partial charge in [-0.15, -0.1) is 0 Å². The van der Waals surface area contributed by atoms with Gasteiger partial charge < -0.3 is 19.7 Å². The van der Waals surface area contributed by atoms with Gasteiger partial charge in [0.05, 0.1) is 11.0 Å². The van der Waals surface area contributed by atoms with Crippen LogP contribution >= 0.6 is 0 Å². The van der Waals surface area contributed by atoms with Crippen molar-refractivity contribution < 1.29 is 19.3 Å². The molecule has 4 rings (SSSR count). The van der Waals surface area contributed by atoms with Crippen molar-refractivity contribution in [2.75, 3.05) is 13.2 Å². The number of hydrogen-bond acceptors (Lipinski definition) is 8. The number of aromatic nitrogens is 2. The number of nitrogens with zero attached hydrogens (tertiary/aromatic N) is 3. The van der Waals surface area contributed by atoms with Crippen LogP contribution in [-0.4, -0.2) is 39.4 Å². The monoisotopic (exact) mass is 460 g/mol. The highest BCUT2D eigenvalue weighted by Crippen LogP contribution is 2.23. The summed E-state index contributed by atoms with van der Waals surface area (Å²) in [7, 11) is 0. The van der Waals surface area contributed by atoms with Crippen LogP contribution in [0, 0.1) is 10.1 Å². The molecule has 9 nitrogen and oxygen atoms in total. The number of nitro benzene ring substituents is 1. The van der Waals surface area contributed by atoms with Crippen molar-refractivity contribution in [1.82, 2.24) is 15.5 Å². The third kappa shape index (κ3) is 6.25. The second kappa shape index (κ2) is 11.2. The fourth-order valence-corrected chi connectivity index (χ4v) is 3.37. The van der Waals surface area contributed by atoms with E-state index in [1.54, 1.807) is 12.1 Å². The Morgan fingerprint density at radius 3 is 2.35 bits per heavy atom. The Labute approximate surface area is 196 Å². The van der Waals surface area contributed by atoms with Gasteiger partial charge in [-0.3, -0.25) is 10.1 Å². The first kappa shape index (κ1) is 23.1. The summed E-state index contributed by atoms with van der Waals surface area (Å²) in [5.74, 6) is 1.37. The molecule has 4 aromatic rings. The molecule has 0 saturated heterocycles. The number of hydrogen-bond donors (Lipinski definition) is 2. The fraction of sp³-hybridized carbons (Fsp3) is 0.200. The lowest BCUT2D eigenvalue weighted by molar-refractivity contribution is -0.384. The van der Waals surface area contributed by atoms with E-state index in [9.17, 15) is 15.2 Å². The number of rotatable bonds is 11. The molecule has 0 spiro atoms. The molecule has 0 radical (unpaired) electrons. The van der Waals surface area contributed by atoms with Crippen LogP contribution in [0.2, 0.25) is 0 Å². The molecule has 1 heterocycles. The summed E-state index contributed by atoms with van der Waals surface area (Å²) in [5, 5.41) is 28.6. The predicted molar refractivity (Wildman–Crippen MR) is 125 cm³/mol. The number of para-hydroxylation sites is 1. The largest absolute Gasteiger partial charge is 0.491 e. The molecule has 0 aliphatic heterocycles. The molecule has 1 aromatic heterocycles. The van der Waals surface area contributed by atoms with Gasteiger partial charge in [0.25, 0.3) is 5.69 Å². The van der Waals surface area contributed by atoms with Crippen LogP contribution in [0.1, 0.15) is 17.5 Å². The number of non-ortho nitro benzene ring substituents is 1. The minimum Gasteiger partial charge on any atom is -0.491 e. The van der Waals surface area contributed by atoms with Crippen molar-refractivity contribution >= 4 is 5.69 Å². The molecule has 0 bridgehead atoms. The molecule has 0 aliphatic rings. The predicted octanol–water partition coefficient (Wildman–Crippen LogP) is 3.96. The summed E-state index contributed by atoms with van der Waals surface area (Å²) in [5.41, 5.74) is 1.66. The molecular formula is C25H24N4O5. The lowest BCUT2D eigenvalue weighted by atomic mass is 10.1. The van der Waals surface area contributed by atoms with E-state index in [0.717, 1.165) is 5.56 Å². The van der Waals surface area contributed by atoms with Crippen LogP contribution in [0.5, 0.6) is 5.75 Å². The van der Waals surface area contributed by atoms with Gasteiger partial charge in [0, 0.05) is 24.2 Å². The van der Waals surface area contributed by atoms with Gasteiger partial charge >= 0.3 is 0 Å². The minimum absolute atomic E-state index is 0.0113. The first-order chi connectivity index (χ1) is 16.6. The van der Waals surface area contributed by atoms with Crippen molar-refractivity contribution in [2.45, 2.75) is 18.6 Å². The van der Waals surface area contributed by atoms with Crippen LogP contribution in [-0.2, 0) is 6.42 Å². The normalized spacial score (nSPS) is 12.7. The maximum atomic E-state index is 10.9. The van der Waals surface area contributed by atoms with Gasteiger partial charge in [0.1, 0.15) is 18.5 Å². The van der Waals surface area contributed by atoms with E-state index in [2.05, 4.69) is 15.5 Å². The third-order valence-corrected chi connectivity index (χ3v) is 5.14. The van der Waals surface area contributed by atoms with Gasteiger partial charge in [0.2, 0.25) is 11.7 Å². The van der Waals surface area contributed by atoms with E-state index in [4.69, 9.17) is 9.26 Å². The van der Waals surface area contributed by atoms with E-state index >= 15 is 0 Å². The molecule has 0 saturated carbocycles. The van der Waals surface area contributed by atoms with Crippen LogP contribution < -0.4 is 10.1 Å². The van der Waals surface area contributed by atoms with Gasteiger partial charge in [-0.25, -0.2) is 0 Å². The molecule has 9 heteroatoms. The molecule has 0 fully saturated rings. The molecular weight excluding hydrogens is 436 g/mol. The standard InChI is InChI=1S/C25H24N4O5/c30-21(17-33-22-9-5-2-6-10-22)16-26-23(15-18-7-3-1-4-8-18)25-27-24(28-34-25)19-11-13-20(14-12-19)29(31)32/h1-14,21,23,26,30H,15-17H2/t21-,23+/m0/s1. The first-order valence-electron chi connectivity index (χ1n) is 10.8. The molecule has 0 unspecified atom stereocenters. The number of aliphatic hydroxyl groups is 1. The Balaban J connectivity index is 1.44. The fourth-order valence-electron chi connectivity index (χ4n) is 3.37. The summed E-state index contributed by atoms with van der Waals surface area (Å²) in [6.07, 6.45) is -0.190. The Bertz CT molecular complexity index is 1180.